The topological polar surface area (TPSA) is 79.8 Å². The zero-order valence-corrected chi connectivity index (χ0v) is 18.9. The first-order chi connectivity index (χ1) is 13.6. The summed E-state index contributed by atoms with van der Waals surface area (Å²) in [5.41, 5.74) is 2.78. The normalized spacial score (nSPS) is 12.6. The van der Waals surface area contributed by atoms with Gasteiger partial charge in [0, 0.05) is 31.8 Å². The molecule has 6 nitrogen and oxygen atoms in total. The van der Waals surface area contributed by atoms with E-state index in [1.54, 1.807) is 20.2 Å². The van der Waals surface area contributed by atoms with Crippen molar-refractivity contribution < 1.29 is 13.2 Å². The van der Waals surface area contributed by atoms with E-state index in [1.165, 1.54) is 11.8 Å². The summed E-state index contributed by atoms with van der Waals surface area (Å²) in [6.45, 7) is 7.37. The number of rotatable bonds is 7. The molecular formula is C22H31N3O3S. The Morgan fingerprint density at radius 1 is 1.14 bits per heavy atom. The molecule has 0 spiro atoms. The summed E-state index contributed by atoms with van der Waals surface area (Å²) < 4.78 is 28.9. The van der Waals surface area contributed by atoms with Gasteiger partial charge in [0.25, 0.3) is 0 Å². The first kappa shape index (κ1) is 22.7. The fraction of sp³-hybridized carbons (Fsp3) is 0.409. The van der Waals surface area contributed by atoms with Crippen LogP contribution >= 0.6 is 0 Å². The van der Waals surface area contributed by atoms with E-state index in [9.17, 15) is 8.42 Å². The maximum Gasteiger partial charge on any atom is 0.191 e. The van der Waals surface area contributed by atoms with Gasteiger partial charge in [0.15, 0.2) is 15.8 Å². The van der Waals surface area contributed by atoms with E-state index < -0.39 is 9.84 Å². The summed E-state index contributed by atoms with van der Waals surface area (Å²) in [6, 6.07) is 13.4. The van der Waals surface area contributed by atoms with Gasteiger partial charge in [0.05, 0.1) is 12.0 Å². The van der Waals surface area contributed by atoms with Gasteiger partial charge >= 0.3 is 0 Å². The highest BCUT2D eigenvalue weighted by atomic mass is 32.2. The van der Waals surface area contributed by atoms with Crippen molar-refractivity contribution in [1.29, 1.82) is 0 Å². The second-order valence-corrected chi connectivity index (χ2v) is 9.75. The smallest absolute Gasteiger partial charge is 0.191 e. The summed E-state index contributed by atoms with van der Waals surface area (Å²) >= 11 is 0. The summed E-state index contributed by atoms with van der Waals surface area (Å²) in [6.07, 6.45) is 1.23. The number of aliphatic imine (C=N–C) groups is 1. The van der Waals surface area contributed by atoms with Gasteiger partial charge in [-0.1, -0.05) is 38.1 Å². The number of hydrogen-bond acceptors (Lipinski definition) is 4. The standard InChI is InChI=1S/C22H31N3O3S/c1-16-12-17(10-11-20(16)29(6,26)27)14-24-21(23-4)25-15-22(2,3)18-8-7-9-19(13-18)28-5/h7-13H,14-15H2,1-6H3,(H2,23,24,25). The minimum atomic E-state index is -3.21. The number of ether oxygens (including phenoxy) is 1. The van der Waals surface area contributed by atoms with Gasteiger partial charge in [-0.2, -0.15) is 0 Å². The average molecular weight is 418 g/mol. The van der Waals surface area contributed by atoms with Crippen molar-refractivity contribution in [3.05, 3.63) is 59.2 Å². The van der Waals surface area contributed by atoms with Crippen molar-refractivity contribution in [1.82, 2.24) is 10.6 Å². The van der Waals surface area contributed by atoms with E-state index in [4.69, 9.17) is 4.74 Å². The van der Waals surface area contributed by atoms with Crippen LogP contribution in [0.4, 0.5) is 0 Å². The Balaban J connectivity index is 2.00. The number of aryl methyl sites for hydroxylation is 1. The molecule has 0 atom stereocenters. The quantitative estimate of drug-likeness (QED) is 0.535. The maximum atomic E-state index is 11.8. The van der Waals surface area contributed by atoms with Gasteiger partial charge in [-0.3, -0.25) is 4.99 Å². The number of sulfone groups is 1. The lowest BCUT2D eigenvalue weighted by Crippen LogP contribution is -2.43. The SMILES string of the molecule is CN=C(NCc1ccc(S(C)(=O)=O)c(C)c1)NCC(C)(C)c1cccc(OC)c1. The van der Waals surface area contributed by atoms with Gasteiger partial charge in [-0.25, -0.2) is 8.42 Å². The van der Waals surface area contributed by atoms with E-state index in [-0.39, 0.29) is 5.41 Å². The third-order valence-electron chi connectivity index (χ3n) is 4.87. The molecule has 29 heavy (non-hydrogen) atoms. The Bertz CT molecular complexity index is 983. The predicted molar refractivity (Wildman–Crippen MR) is 119 cm³/mol. The molecule has 0 saturated heterocycles. The fourth-order valence-electron chi connectivity index (χ4n) is 3.09. The maximum absolute atomic E-state index is 11.8. The molecule has 0 heterocycles. The second-order valence-electron chi connectivity index (χ2n) is 7.77. The Kier molecular flexibility index (Phi) is 7.30. The van der Waals surface area contributed by atoms with Crippen LogP contribution in [-0.4, -0.2) is 41.3 Å². The molecule has 2 aromatic carbocycles. The number of methoxy groups -OCH3 is 1. The summed E-state index contributed by atoms with van der Waals surface area (Å²) in [7, 11) is 0.187. The molecule has 0 unspecified atom stereocenters. The third-order valence-corrected chi connectivity index (χ3v) is 6.13. The number of hydrogen-bond donors (Lipinski definition) is 2. The molecule has 0 aliphatic carbocycles. The average Bonchev–Trinajstić information content (AvgIpc) is 2.67. The third kappa shape index (κ3) is 6.22. The van der Waals surface area contributed by atoms with Crippen molar-refractivity contribution in [2.75, 3.05) is 27.0 Å². The molecule has 0 aliphatic heterocycles. The van der Waals surface area contributed by atoms with Crippen LogP contribution in [0.2, 0.25) is 0 Å². The highest BCUT2D eigenvalue weighted by Gasteiger charge is 2.21. The second kappa shape index (κ2) is 9.31. The van der Waals surface area contributed by atoms with Crippen LogP contribution in [-0.2, 0) is 21.8 Å². The van der Waals surface area contributed by atoms with E-state index in [1.807, 2.05) is 37.3 Å². The molecule has 7 heteroatoms. The predicted octanol–water partition coefficient (Wildman–Crippen LogP) is 3.05. The van der Waals surface area contributed by atoms with Crippen molar-refractivity contribution in [2.45, 2.75) is 37.6 Å². The first-order valence-electron chi connectivity index (χ1n) is 9.45. The Labute approximate surface area is 174 Å². The van der Waals surface area contributed by atoms with E-state index in [0.717, 1.165) is 16.9 Å². The van der Waals surface area contributed by atoms with Crippen molar-refractivity contribution in [3.63, 3.8) is 0 Å². The van der Waals surface area contributed by atoms with Gasteiger partial charge in [-0.05, 0) is 41.8 Å². The Morgan fingerprint density at radius 3 is 2.45 bits per heavy atom. The van der Waals surface area contributed by atoms with E-state index in [2.05, 4.69) is 35.5 Å². The van der Waals surface area contributed by atoms with Crippen LogP contribution in [0.15, 0.2) is 52.4 Å². The zero-order valence-electron chi connectivity index (χ0n) is 18.0. The van der Waals surface area contributed by atoms with Crippen LogP contribution < -0.4 is 15.4 Å². The summed E-state index contributed by atoms with van der Waals surface area (Å²) in [5, 5.41) is 6.65. The highest BCUT2D eigenvalue weighted by molar-refractivity contribution is 7.90. The number of nitrogens with zero attached hydrogens (tertiary/aromatic N) is 1. The van der Waals surface area contributed by atoms with Gasteiger partial charge < -0.3 is 15.4 Å². The zero-order chi connectivity index (χ0) is 21.7. The molecule has 0 aliphatic rings. The molecule has 0 amide bonds. The molecule has 0 fully saturated rings. The van der Waals surface area contributed by atoms with E-state index in [0.29, 0.717) is 23.9 Å². The summed E-state index contributed by atoms with van der Waals surface area (Å²) in [4.78, 5) is 4.65. The number of guanidine groups is 1. The molecule has 2 rings (SSSR count). The van der Waals surface area contributed by atoms with Crippen LogP contribution in [0, 0.1) is 6.92 Å². The number of benzene rings is 2. The van der Waals surface area contributed by atoms with Gasteiger partial charge in [0.2, 0.25) is 0 Å². The van der Waals surface area contributed by atoms with Crippen LogP contribution in [0.3, 0.4) is 0 Å². The minimum Gasteiger partial charge on any atom is -0.497 e. The highest BCUT2D eigenvalue weighted by Crippen LogP contribution is 2.25. The molecule has 0 bridgehead atoms. The monoisotopic (exact) mass is 417 g/mol. The molecule has 2 N–H and O–H groups in total. The lowest BCUT2D eigenvalue weighted by molar-refractivity contribution is 0.411. The number of nitrogens with one attached hydrogen (secondary N) is 2. The van der Waals surface area contributed by atoms with Gasteiger partial charge in [0.1, 0.15) is 5.75 Å². The fourth-order valence-corrected chi connectivity index (χ4v) is 4.05. The molecule has 0 radical (unpaired) electrons. The molecule has 2 aromatic rings. The van der Waals surface area contributed by atoms with Crippen LogP contribution in [0.1, 0.15) is 30.5 Å². The van der Waals surface area contributed by atoms with Crippen molar-refractivity contribution in [2.24, 2.45) is 4.99 Å². The lowest BCUT2D eigenvalue weighted by Gasteiger charge is -2.27. The van der Waals surface area contributed by atoms with Crippen molar-refractivity contribution >= 4 is 15.8 Å². The van der Waals surface area contributed by atoms with Crippen LogP contribution in [0.5, 0.6) is 5.75 Å². The lowest BCUT2D eigenvalue weighted by atomic mass is 9.84. The minimum absolute atomic E-state index is 0.125. The van der Waals surface area contributed by atoms with Gasteiger partial charge in [-0.15, -0.1) is 0 Å². The molecule has 0 saturated carbocycles. The largest absolute Gasteiger partial charge is 0.497 e. The van der Waals surface area contributed by atoms with Crippen molar-refractivity contribution in [3.8, 4) is 5.75 Å². The molecule has 0 aromatic heterocycles. The first-order valence-corrected chi connectivity index (χ1v) is 11.3. The Morgan fingerprint density at radius 2 is 1.86 bits per heavy atom. The molecule has 158 valence electrons. The molecular weight excluding hydrogens is 386 g/mol. The van der Waals surface area contributed by atoms with Crippen LogP contribution in [0.25, 0.3) is 0 Å². The summed E-state index contributed by atoms with van der Waals surface area (Å²) in [5.74, 6) is 1.52. The Hall–Kier alpha value is -2.54. The van der Waals surface area contributed by atoms with E-state index >= 15 is 0 Å².